The molecule has 2 N–H and O–H groups in total. The zero-order valence-corrected chi connectivity index (χ0v) is 12.2. The highest BCUT2D eigenvalue weighted by Crippen LogP contribution is 2.31. The van der Waals surface area contributed by atoms with Gasteiger partial charge >= 0.3 is 6.18 Å². The summed E-state index contributed by atoms with van der Waals surface area (Å²) in [5, 5.41) is 13.2. The lowest BCUT2D eigenvalue weighted by Gasteiger charge is -2.17. The standard InChI is InChI=1S/C15H17F3N4O/c16-15(17,18)11-1-2-14(20-7-11)21-12-5-10(6-13(12)23)8-22-4-3-19-9-22/h1-4,7,9-10,12-13,23H,5-6,8H2,(H,20,21)/t10?,12-,13-/m1/s1. The Morgan fingerprint density at radius 1 is 1.30 bits per heavy atom. The molecule has 0 saturated heterocycles. The van der Waals surface area contributed by atoms with Gasteiger partial charge in [-0.25, -0.2) is 9.97 Å². The molecule has 8 heteroatoms. The van der Waals surface area contributed by atoms with E-state index in [9.17, 15) is 18.3 Å². The average Bonchev–Trinajstić information content (AvgIpc) is 3.10. The van der Waals surface area contributed by atoms with E-state index in [1.165, 1.54) is 6.07 Å². The van der Waals surface area contributed by atoms with E-state index in [1.807, 2.05) is 10.8 Å². The molecule has 2 heterocycles. The molecule has 1 saturated carbocycles. The quantitative estimate of drug-likeness (QED) is 0.906. The summed E-state index contributed by atoms with van der Waals surface area (Å²) < 4.78 is 39.5. The molecule has 5 nitrogen and oxygen atoms in total. The van der Waals surface area contributed by atoms with Crippen molar-refractivity contribution < 1.29 is 18.3 Å². The van der Waals surface area contributed by atoms with Gasteiger partial charge in [0, 0.05) is 25.1 Å². The zero-order valence-electron chi connectivity index (χ0n) is 12.2. The molecule has 1 aliphatic carbocycles. The fourth-order valence-corrected chi connectivity index (χ4v) is 2.95. The Morgan fingerprint density at radius 3 is 2.74 bits per heavy atom. The van der Waals surface area contributed by atoms with Gasteiger partial charge in [0.25, 0.3) is 0 Å². The number of rotatable bonds is 4. The van der Waals surface area contributed by atoms with E-state index >= 15 is 0 Å². The Kier molecular flexibility index (Phi) is 4.25. The second-order valence-electron chi connectivity index (χ2n) is 5.84. The molecule has 0 bridgehead atoms. The van der Waals surface area contributed by atoms with Crippen LogP contribution in [-0.4, -0.2) is 31.8 Å². The molecule has 3 atom stereocenters. The van der Waals surface area contributed by atoms with Crippen molar-refractivity contribution in [2.24, 2.45) is 5.92 Å². The number of halogens is 3. The van der Waals surface area contributed by atoms with Gasteiger partial charge in [-0.15, -0.1) is 0 Å². The third kappa shape index (κ3) is 3.82. The molecule has 0 aromatic carbocycles. The van der Waals surface area contributed by atoms with Gasteiger partial charge in [-0.2, -0.15) is 13.2 Å². The maximum Gasteiger partial charge on any atom is 0.417 e. The molecule has 23 heavy (non-hydrogen) atoms. The van der Waals surface area contributed by atoms with Crippen LogP contribution in [0.1, 0.15) is 18.4 Å². The summed E-state index contributed by atoms with van der Waals surface area (Å²) in [6.45, 7) is 0.760. The summed E-state index contributed by atoms with van der Waals surface area (Å²) in [5.41, 5.74) is -0.784. The van der Waals surface area contributed by atoms with Crippen molar-refractivity contribution in [1.29, 1.82) is 0 Å². The molecule has 0 radical (unpaired) electrons. The maximum absolute atomic E-state index is 12.5. The van der Waals surface area contributed by atoms with Crippen molar-refractivity contribution >= 4 is 5.82 Å². The molecule has 124 valence electrons. The lowest BCUT2D eigenvalue weighted by molar-refractivity contribution is -0.137. The minimum atomic E-state index is -4.39. The Balaban J connectivity index is 1.59. The molecule has 0 aliphatic heterocycles. The first-order chi connectivity index (χ1) is 10.9. The minimum absolute atomic E-state index is 0.215. The van der Waals surface area contributed by atoms with Crippen LogP contribution >= 0.6 is 0 Å². The molecule has 2 aromatic rings. The Labute approximate surface area is 131 Å². The Morgan fingerprint density at radius 2 is 2.13 bits per heavy atom. The highest BCUT2D eigenvalue weighted by Gasteiger charge is 2.34. The van der Waals surface area contributed by atoms with E-state index in [-0.39, 0.29) is 12.0 Å². The van der Waals surface area contributed by atoms with E-state index in [0.29, 0.717) is 12.2 Å². The summed E-state index contributed by atoms with van der Waals surface area (Å²) in [6.07, 6.45) is 2.51. The first kappa shape index (κ1) is 15.8. The monoisotopic (exact) mass is 326 g/mol. The number of hydrogen-bond acceptors (Lipinski definition) is 4. The van der Waals surface area contributed by atoms with Crippen molar-refractivity contribution in [3.63, 3.8) is 0 Å². The summed E-state index contributed by atoms with van der Waals surface area (Å²) in [4.78, 5) is 7.77. The predicted octanol–water partition coefficient (Wildman–Crippen LogP) is 2.55. The third-order valence-electron chi connectivity index (χ3n) is 4.08. The summed E-state index contributed by atoms with van der Waals surface area (Å²) >= 11 is 0. The highest BCUT2D eigenvalue weighted by molar-refractivity contribution is 5.38. The molecule has 0 spiro atoms. The van der Waals surface area contributed by atoms with Crippen LogP contribution in [0.15, 0.2) is 37.1 Å². The highest BCUT2D eigenvalue weighted by atomic mass is 19.4. The lowest BCUT2D eigenvalue weighted by atomic mass is 10.1. The van der Waals surface area contributed by atoms with Gasteiger partial charge in [-0.05, 0) is 30.9 Å². The summed E-state index contributed by atoms with van der Waals surface area (Å²) in [6, 6.07) is 2.06. The van der Waals surface area contributed by atoms with Crippen LogP contribution in [0.25, 0.3) is 0 Å². The molecular formula is C15H17F3N4O. The fourth-order valence-electron chi connectivity index (χ4n) is 2.95. The average molecular weight is 326 g/mol. The number of hydrogen-bond donors (Lipinski definition) is 2. The second kappa shape index (κ2) is 6.19. The first-order valence-corrected chi connectivity index (χ1v) is 7.35. The van der Waals surface area contributed by atoms with Crippen molar-refractivity contribution in [3.05, 3.63) is 42.6 Å². The number of nitrogens with zero attached hydrogens (tertiary/aromatic N) is 3. The largest absolute Gasteiger partial charge is 0.417 e. The number of aliphatic hydroxyl groups is 1. The molecule has 0 amide bonds. The van der Waals surface area contributed by atoms with Crippen LogP contribution in [0.3, 0.4) is 0 Å². The smallest absolute Gasteiger partial charge is 0.391 e. The van der Waals surface area contributed by atoms with E-state index in [4.69, 9.17) is 0 Å². The van der Waals surface area contributed by atoms with Crippen molar-refractivity contribution in [1.82, 2.24) is 14.5 Å². The van der Waals surface area contributed by atoms with Crippen LogP contribution in [0.4, 0.5) is 19.0 Å². The molecule has 1 fully saturated rings. The number of aromatic nitrogens is 3. The van der Waals surface area contributed by atoms with Gasteiger partial charge in [0.05, 0.1) is 24.0 Å². The minimum Gasteiger partial charge on any atom is -0.391 e. The summed E-state index contributed by atoms with van der Waals surface area (Å²) in [7, 11) is 0. The molecular weight excluding hydrogens is 309 g/mol. The maximum atomic E-state index is 12.5. The SMILES string of the molecule is O[C@@H]1CC(Cn2ccnc2)C[C@H]1Nc1ccc(C(F)(F)F)cn1. The first-order valence-electron chi connectivity index (χ1n) is 7.35. The predicted molar refractivity (Wildman–Crippen MR) is 77.6 cm³/mol. The van der Waals surface area contributed by atoms with Crippen LogP contribution in [0, 0.1) is 5.92 Å². The number of aliphatic hydroxyl groups excluding tert-OH is 1. The summed E-state index contributed by atoms with van der Waals surface area (Å²) in [5.74, 6) is 0.622. The Bertz CT molecular complexity index is 627. The number of pyridine rings is 1. The van der Waals surface area contributed by atoms with Crippen LogP contribution < -0.4 is 5.32 Å². The van der Waals surface area contributed by atoms with Crippen molar-refractivity contribution in [2.45, 2.75) is 37.7 Å². The zero-order chi connectivity index (χ0) is 16.4. The van der Waals surface area contributed by atoms with Gasteiger partial charge in [0.1, 0.15) is 5.82 Å². The second-order valence-corrected chi connectivity index (χ2v) is 5.84. The topological polar surface area (TPSA) is 63.0 Å². The van der Waals surface area contributed by atoms with E-state index in [0.717, 1.165) is 25.2 Å². The lowest BCUT2D eigenvalue weighted by Crippen LogP contribution is -2.28. The number of imidazole rings is 1. The van der Waals surface area contributed by atoms with Gasteiger partial charge in [0.2, 0.25) is 0 Å². The molecule has 2 aromatic heterocycles. The number of nitrogens with one attached hydrogen (secondary N) is 1. The van der Waals surface area contributed by atoms with Gasteiger partial charge in [-0.1, -0.05) is 0 Å². The Hall–Kier alpha value is -2.09. The van der Waals surface area contributed by atoms with Gasteiger partial charge < -0.3 is 15.0 Å². The van der Waals surface area contributed by atoms with E-state index < -0.39 is 17.8 Å². The third-order valence-corrected chi connectivity index (χ3v) is 4.08. The number of alkyl halides is 3. The van der Waals surface area contributed by atoms with Crippen LogP contribution in [-0.2, 0) is 12.7 Å². The molecule has 1 aliphatic rings. The molecule has 1 unspecified atom stereocenters. The van der Waals surface area contributed by atoms with Crippen molar-refractivity contribution in [3.8, 4) is 0 Å². The van der Waals surface area contributed by atoms with E-state index in [2.05, 4.69) is 15.3 Å². The fraction of sp³-hybridized carbons (Fsp3) is 0.467. The normalized spacial score (nSPS) is 24.8. The van der Waals surface area contributed by atoms with Gasteiger partial charge in [0.15, 0.2) is 0 Å². The van der Waals surface area contributed by atoms with Crippen molar-refractivity contribution in [2.75, 3.05) is 5.32 Å². The molecule has 3 rings (SSSR count). The van der Waals surface area contributed by atoms with Crippen LogP contribution in [0.5, 0.6) is 0 Å². The number of anilines is 1. The van der Waals surface area contributed by atoms with E-state index in [1.54, 1.807) is 12.5 Å². The van der Waals surface area contributed by atoms with Gasteiger partial charge in [-0.3, -0.25) is 0 Å². The van der Waals surface area contributed by atoms with Crippen LogP contribution in [0.2, 0.25) is 0 Å².